The van der Waals surface area contributed by atoms with Gasteiger partial charge < -0.3 is 5.32 Å². The number of para-hydroxylation sites is 1. The number of carbonyl (C=O) groups excluding carboxylic acids is 1. The summed E-state index contributed by atoms with van der Waals surface area (Å²) in [5.74, 6) is 0.0132. The molecule has 1 aromatic heterocycles. The van der Waals surface area contributed by atoms with Gasteiger partial charge in [0.1, 0.15) is 6.33 Å². The van der Waals surface area contributed by atoms with E-state index >= 15 is 0 Å². The second-order valence-corrected chi connectivity index (χ2v) is 5.94. The molecule has 124 valence electrons. The van der Waals surface area contributed by atoms with Gasteiger partial charge in [0, 0.05) is 6.54 Å². The van der Waals surface area contributed by atoms with Gasteiger partial charge >= 0.3 is 0 Å². The predicted octanol–water partition coefficient (Wildman–Crippen LogP) is 2.13. The second-order valence-electron chi connectivity index (χ2n) is 5.58. The normalized spacial score (nSPS) is 11.0. The van der Waals surface area contributed by atoms with Crippen molar-refractivity contribution in [1.29, 1.82) is 0 Å². The third-order valence-electron chi connectivity index (χ3n) is 3.47. The fraction of sp³-hybridized carbons (Fsp3) is 0.438. The molecule has 0 atom stereocenters. The highest BCUT2D eigenvalue weighted by Crippen LogP contribution is 2.13. The Hall–Kier alpha value is -1.99. The highest BCUT2D eigenvalue weighted by Gasteiger charge is 2.10. The minimum Gasteiger partial charge on any atom is -0.355 e. The molecule has 0 aliphatic heterocycles. The van der Waals surface area contributed by atoms with Gasteiger partial charge in [-0.25, -0.2) is 4.68 Å². The number of hydrogen-bond acceptors (Lipinski definition) is 4. The fourth-order valence-corrected chi connectivity index (χ4v) is 2.53. The molecular formula is C16H23N5OS. The average Bonchev–Trinajstić information content (AvgIpc) is 2.86. The van der Waals surface area contributed by atoms with E-state index in [1.807, 2.05) is 54.6 Å². The maximum Gasteiger partial charge on any atom is 0.234 e. The average molecular weight is 333 g/mol. The lowest BCUT2D eigenvalue weighted by Crippen LogP contribution is -2.36. The molecule has 1 N–H and O–H groups in total. The summed E-state index contributed by atoms with van der Waals surface area (Å²) in [6.07, 6.45) is 2.65. The van der Waals surface area contributed by atoms with E-state index in [2.05, 4.69) is 10.4 Å². The van der Waals surface area contributed by atoms with Crippen LogP contribution in [0.25, 0.3) is 5.69 Å². The number of likely N-dealkylation sites (N-methyl/N-ethyl adjacent to an activating group) is 1. The number of rotatable bonds is 7. The standard InChI is InChI=1S/C16H23N5OS/c1-4-9-17-15(22)10-19(3)12-21-16(23)20(11-18-21)14-8-6-5-7-13(14)2/h5-8,11H,4,9-10,12H2,1-3H3,(H,17,22). The molecule has 0 saturated carbocycles. The van der Waals surface area contributed by atoms with E-state index in [1.54, 1.807) is 11.0 Å². The number of carbonyl (C=O) groups is 1. The summed E-state index contributed by atoms with van der Waals surface area (Å²) >= 11 is 5.51. The van der Waals surface area contributed by atoms with E-state index in [0.717, 1.165) is 17.7 Å². The van der Waals surface area contributed by atoms with Crippen molar-refractivity contribution in [1.82, 2.24) is 24.6 Å². The maximum absolute atomic E-state index is 11.7. The number of hydrogen-bond donors (Lipinski definition) is 1. The summed E-state index contributed by atoms with van der Waals surface area (Å²) in [6.45, 7) is 5.56. The van der Waals surface area contributed by atoms with Crippen LogP contribution in [0.1, 0.15) is 18.9 Å². The smallest absolute Gasteiger partial charge is 0.234 e. The Labute approximate surface area is 141 Å². The molecule has 0 aliphatic carbocycles. The van der Waals surface area contributed by atoms with Crippen LogP contribution in [0.5, 0.6) is 0 Å². The lowest BCUT2D eigenvalue weighted by molar-refractivity contribution is -0.122. The zero-order chi connectivity index (χ0) is 16.8. The first-order valence-electron chi connectivity index (χ1n) is 7.68. The molecule has 0 radical (unpaired) electrons. The van der Waals surface area contributed by atoms with Crippen LogP contribution >= 0.6 is 12.2 Å². The number of nitrogens with zero attached hydrogens (tertiary/aromatic N) is 4. The van der Waals surface area contributed by atoms with E-state index in [4.69, 9.17) is 12.2 Å². The zero-order valence-electron chi connectivity index (χ0n) is 13.8. The van der Waals surface area contributed by atoms with E-state index in [-0.39, 0.29) is 5.91 Å². The van der Waals surface area contributed by atoms with E-state index < -0.39 is 0 Å². The van der Waals surface area contributed by atoms with Gasteiger partial charge in [0.25, 0.3) is 0 Å². The van der Waals surface area contributed by atoms with Gasteiger partial charge in [0.15, 0.2) is 0 Å². The summed E-state index contributed by atoms with van der Waals surface area (Å²) in [5.41, 5.74) is 2.16. The topological polar surface area (TPSA) is 55.1 Å². The molecule has 23 heavy (non-hydrogen) atoms. The van der Waals surface area contributed by atoms with Gasteiger partial charge in [-0.05, 0) is 44.2 Å². The van der Waals surface area contributed by atoms with Crippen molar-refractivity contribution in [2.45, 2.75) is 26.9 Å². The van der Waals surface area contributed by atoms with Gasteiger partial charge in [-0.15, -0.1) is 0 Å². The molecule has 1 aromatic carbocycles. The molecule has 0 saturated heterocycles. The van der Waals surface area contributed by atoms with Crippen molar-refractivity contribution in [2.24, 2.45) is 0 Å². The van der Waals surface area contributed by atoms with Crippen molar-refractivity contribution in [3.8, 4) is 5.69 Å². The molecule has 0 spiro atoms. The zero-order valence-corrected chi connectivity index (χ0v) is 14.6. The van der Waals surface area contributed by atoms with Crippen LogP contribution in [-0.2, 0) is 11.5 Å². The minimum absolute atomic E-state index is 0.0132. The lowest BCUT2D eigenvalue weighted by atomic mass is 10.2. The van der Waals surface area contributed by atoms with Crippen LogP contribution in [0, 0.1) is 11.7 Å². The molecule has 0 fully saturated rings. The van der Waals surface area contributed by atoms with Crippen LogP contribution in [0.3, 0.4) is 0 Å². The van der Waals surface area contributed by atoms with Gasteiger partial charge in [-0.2, -0.15) is 5.10 Å². The predicted molar refractivity (Wildman–Crippen MR) is 93.1 cm³/mol. The van der Waals surface area contributed by atoms with Crippen LogP contribution in [-0.4, -0.2) is 45.3 Å². The Morgan fingerprint density at radius 2 is 2.13 bits per heavy atom. The quantitative estimate of drug-likeness (QED) is 0.789. The Morgan fingerprint density at radius 1 is 1.39 bits per heavy atom. The summed E-state index contributed by atoms with van der Waals surface area (Å²) in [7, 11) is 1.88. The summed E-state index contributed by atoms with van der Waals surface area (Å²) < 4.78 is 4.21. The van der Waals surface area contributed by atoms with Crippen molar-refractivity contribution in [3.63, 3.8) is 0 Å². The van der Waals surface area contributed by atoms with E-state index in [0.29, 0.717) is 24.5 Å². The van der Waals surface area contributed by atoms with Crippen LogP contribution in [0.15, 0.2) is 30.6 Å². The van der Waals surface area contributed by atoms with E-state index in [1.165, 1.54) is 0 Å². The highest BCUT2D eigenvalue weighted by atomic mass is 32.1. The van der Waals surface area contributed by atoms with Crippen molar-refractivity contribution < 1.29 is 4.79 Å². The molecule has 1 heterocycles. The summed E-state index contributed by atoms with van der Waals surface area (Å²) in [4.78, 5) is 13.6. The molecule has 2 aromatic rings. The van der Waals surface area contributed by atoms with Crippen molar-refractivity contribution in [2.75, 3.05) is 20.1 Å². The van der Waals surface area contributed by atoms with Crippen LogP contribution in [0.4, 0.5) is 0 Å². The van der Waals surface area contributed by atoms with Gasteiger partial charge in [-0.1, -0.05) is 25.1 Å². The lowest BCUT2D eigenvalue weighted by Gasteiger charge is -2.16. The number of nitrogens with one attached hydrogen (secondary N) is 1. The van der Waals surface area contributed by atoms with Crippen LogP contribution in [0.2, 0.25) is 0 Å². The van der Waals surface area contributed by atoms with Gasteiger partial charge in [-0.3, -0.25) is 14.3 Å². The number of amides is 1. The molecule has 6 nitrogen and oxygen atoms in total. The molecule has 0 aliphatic rings. The van der Waals surface area contributed by atoms with Gasteiger partial charge in [0.2, 0.25) is 10.7 Å². The number of aromatic nitrogens is 3. The molecule has 0 bridgehead atoms. The van der Waals surface area contributed by atoms with Gasteiger partial charge in [0.05, 0.1) is 18.9 Å². The SMILES string of the molecule is CCCNC(=O)CN(C)Cn1ncn(-c2ccccc2C)c1=S. The maximum atomic E-state index is 11.7. The first-order valence-corrected chi connectivity index (χ1v) is 8.09. The molecule has 2 rings (SSSR count). The number of aryl methyl sites for hydroxylation is 1. The summed E-state index contributed by atoms with van der Waals surface area (Å²) in [5, 5.41) is 7.21. The Kier molecular flexibility index (Phi) is 6.06. The largest absolute Gasteiger partial charge is 0.355 e. The first-order chi connectivity index (χ1) is 11.0. The first kappa shape index (κ1) is 17.4. The molecule has 1 amide bonds. The molecule has 7 heteroatoms. The third kappa shape index (κ3) is 4.49. The summed E-state index contributed by atoms with van der Waals surface area (Å²) in [6, 6.07) is 8.03. The van der Waals surface area contributed by atoms with Crippen molar-refractivity contribution in [3.05, 3.63) is 40.9 Å². The Morgan fingerprint density at radius 3 is 2.83 bits per heavy atom. The Bertz CT molecular complexity index is 721. The second kappa shape index (κ2) is 8.03. The molecule has 0 unspecified atom stereocenters. The third-order valence-corrected chi connectivity index (χ3v) is 3.88. The van der Waals surface area contributed by atoms with Crippen LogP contribution < -0.4 is 5.32 Å². The monoisotopic (exact) mass is 333 g/mol. The highest BCUT2D eigenvalue weighted by molar-refractivity contribution is 7.71. The molecular weight excluding hydrogens is 310 g/mol. The Balaban J connectivity index is 2.07. The minimum atomic E-state index is 0.0132. The van der Waals surface area contributed by atoms with E-state index in [9.17, 15) is 4.79 Å². The van der Waals surface area contributed by atoms with Crippen molar-refractivity contribution >= 4 is 18.1 Å². The fourth-order valence-electron chi connectivity index (χ4n) is 2.28. The number of benzene rings is 1.